The van der Waals surface area contributed by atoms with E-state index in [-0.39, 0.29) is 19.1 Å². The third-order valence-corrected chi connectivity index (χ3v) is 5.26. The second kappa shape index (κ2) is 9.62. The van der Waals surface area contributed by atoms with E-state index in [1.54, 1.807) is 61.5 Å². The van der Waals surface area contributed by atoms with Crippen molar-refractivity contribution in [3.8, 4) is 5.75 Å². The van der Waals surface area contributed by atoms with Gasteiger partial charge in [-0.05, 0) is 42.8 Å². The molecule has 0 fully saturated rings. The fourth-order valence-corrected chi connectivity index (χ4v) is 3.96. The van der Waals surface area contributed by atoms with Crippen LogP contribution in [0.4, 0.5) is 5.69 Å². The van der Waals surface area contributed by atoms with E-state index in [0.29, 0.717) is 22.9 Å². The molecule has 27 heavy (non-hydrogen) atoms. The molecule has 0 saturated carbocycles. The molecule has 1 amide bonds. The summed E-state index contributed by atoms with van der Waals surface area (Å²) in [5, 5.41) is 3.36. The Labute approximate surface area is 165 Å². The fourth-order valence-electron chi connectivity index (χ4n) is 2.63. The Morgan fingerprint density at radius 1 is 1.15 bits per heavy atom. The number of halogens is 1. The minimum atomic E-state index is -3.62. The molecule has 0 radical (unpaired) electrons. The molecule has 0 spiro atoms. The minimum Gasteiger partial charge on any atom is -0.492 e. The van der Waals surface area contributed by atoms with E-state index in [1.807, 2.05) is 0 Å². The first kappa shape index (κ1) is 21.1. The van der Waals surface area contributed by atoms with E-state index in [1.165, 1.54) is 0 Å². The number of sulfonamides is 1. The Morgan fingerprint density at radius 2 is 1.78 bits per heavy atom. The number of nitrogens with one attached hydrogen (secondary N) is 1. The van der Waals surface area contributed by atoms with Gasteiger partial charge < -0.3 is 10.1 Å². The first-order valence-corrected chi connectivity index (χ1v) is 10.8. The van der Waals surface area contributed by atoms with Crippen molar-refractivity contribution in [1.82, 2.24) is 5.32 Å². The van der Waals surface area contributed by atoms with Crippen molar-refractivity contribution in [3.63, 3.8) is 0 Å². The molecule has 1 unspecified atom stereocenters. The van der Waals surface area contributed by atoms with Crippen LogP contribution >= 0.6 is 11.6 Å². The van der Waals surface area contributed by atoms with Gasteiger partial charge >= 0.3 is 0 Å². The molecule has 0 aromatic heterocycles. The zero-order valence-corrected chi connectivity index (χ0v) is 16.8. The minimum absolute atomic E-state index is 0.254. The fraction of sp³-hybridized carbons (Fsp3) is 0.316. The van der Waals surface area contributed by atoms with Crippen molar-refractivity contribution in [3.05, 3.63) is 59.6 Å². The highest BCUT2D eigenvalue weighted by atomic mass is 35.5. The average Bonchev–Trinajstić information content (AvgIpc) is 2.64. The van der Waals surface area contributed by atoms with Gasteiger partial charge in [-0.25, -0.2) is 8.42 Å². The summed E-state index contributed by atoms with van der Waals surface area (Å²) in [6.07, 6.45) is 1.44. The third-order valence-electron chi connectivity index (χ3n) is 3.82. The van der Waals surface area contributed by atoms with Crippen LogP contribution in [-0.2, 0) is 14.8 Å². The van der Waals surface area contributed by atoms with Gasteiger partial charge in [0.1, 0.15) is 18.4 Å². The molecule has 0 heterocycles. The highest BCUT2D eigenvalue weighted by Gasteiger charge is 2.31. The number of para-hydroxylation sites is 1. The summed E-state index contributed by atoms with van der Waals surface area (Å²) in [6.45, 7) is 2.29. The normalized spacial score (nSPS) is 12.3. The quantitative estimate of drug-likeness (QED) is 0.644. The van der Waals surface area contributed by atoms with Crippen LogP contribution in [0.5, 0.6) is 5.75 Å². The molecule has 2 aromatic carbocycles. The standard InChI is InChI=1S/C19H23ClN2O4S/c1-3-18(22(27(2,24)25)16-7-5-4-6-8-16)19(23)21-13-14-26-17-11-9-15(20)10-12-17/h4-12,18H,3,13-14H2,1-2H3,(H,21,23). The Balaban J connectivity index is 1.99. The van der Waals surface area contributed by atoms with E-state index in [9.17, 15) is 13.2 Å². The van der Waals surface area contributed by atoms with Crippen molar-refractivity contribution in [2.75, 3.05) is 23.7 Å². The van der Waals surface area contributed by atoms with Crippen LogP contribution in [0.1, 0.15) is 13.3 Å². The van der Waals surface area contributed by atoms with Crippen LogP contribution in [0.15, 0.2) is 54.6 Å². The first-order valence-electron chi connectivity index (χ1n) is 8.53. The van der Waals surface area contributed by atoms with Crippen molar-refractivity contribution >= 4 is 33.2 Å². The second-order valence-electron chi connectivity index (χ2n) is 5.91. The molecule has 1 N–H and O–H groups in total. The van der Waals surface area contributed by atoms with Gasteiger partial charge in [0.15, 0.2) is 0 Å². The summed E-state index contributed by atoms with van der Waals surface area (Å²) < 4.78 is 31.3. The topological polar surface area (TPSA) is 75.7 Å². The number of amides is 1. The van der Waals surface area contributed by atoms with Gasteiger partial charge in [-0.3, -0.25) is 9.10 Å². The van der Waals surface area contributed by atoms with E-state index >= 15 is 0 Å². The van der Waals surface area contributed by atoms with Crippen LogP contribution in [0.25, 0.3) is 0 Å². The van der Waals surface area contributed by atoms with Crippen molar-refractivity contribution < 1.29 is 17.9 Å². The van der Waals surface area contributed by atoms with Gasteiger partial charge in [-0.15, -0.1) is 0 Å². The smallest absolute Gasteiger partial charge is 0.244 e. The van der Waals surface area contributed by atoms with Gasteiger partial charge in [0.25, 0.3) is 0 Å². The maximum Gasteiger partial charge on any atom is 0.244 e. The monoisotopic (exact) mass is 410 g/mol. The Kier molecular flexibility index (Phi) is 7.50. The molecule has 0 aliphatic heterocycles. The molecule has 2 rings (SSSR count). The molecule has 2 aromatic rings. The van der Waals surface area contributed by atoms with E-state index in [0.717, 1.165) is 10.6 Å². The number of benzene rings is 2. The number of ether oxygens (including phenoxy) is 1. The van der Waals surface area contributed by atoms with E-state index in [2.05, 4.69) is 5.32 Å². The molecule has 0 saturated heterocycles. The predicted octanol–water partition coefficient (Wildman–Crippen LogP) is 3.08. The van der Waals surface area contributed by atoms with E-state index in [4.69, 9.17) is 16.3 Å². The summed E-state index contributed by atoms with van der Waals surface area (Å²) in [6, 6.07) is 14.7. The zero-order valence-electron chi connectivity index (χ0n) is 15.3. The van der Waals surface area contributed by atoms with Crippen molar-refractivity contribution in [1.29, 1.82) is 0 Å². The average molecular weight is 411 g/mol. The predicted molar refractivity (Wildman–Crippen MR) is 108 cm³/mol. The molecular weight excluding hydrogens is 388 g/mol. The SMILES string of the molecule is CCC(C(=O)NCCOc1ccc(Cl)cc1)N(c1ccccc1)S(C)(=O)=O. The van der Waals surface area contributed by atoms with E-state index < -0.39 is 16.1 Å². The third kappa shape index (κ3) is 6.15. The highest BCUT2D eigenvalue weighted by Crippen LogP contribution is 2.22. The second-order valence-corrected chi connectivity index (χ2v) is 8.21. The number of nitrogens with zero attached hydrogens (tertiary/aromatic N) is 1. The molecule has 6 nitrogen and oxygen atoms in total. The van der Waals surface area contributed by atoms with Crippen LogP contribution in [0.2, 0.25) is 5.02 Å². The molecule has 8 heteroatoms. The molecule has 146 valence electrons. The summed E-state index contributed by atoms with van der Waals surface area (Å²) in [4.78, 5) is 12.6. The van der Waals surface area contributed by atoms with Gasteiger partial charge in [0, 0.05) is 5.02 Å². The maximum atomic E-state index is 12.6. The van der Waals surface area contributed by atoms with Crippen LogP contribution in [0.3, 0.4) is 0 Å². The number of carbonyl (C=O) groups is 1. The number of hydrogen-bond acceptors (Lipinski definition) is 4. The zero-order chi connectivity index (χ0) is 19.9. The lowest BCUT2D eigenvalue weighted by atomic mass is 10.2. The lowest BCUT2D eigenvalue weighted by Gasteiger charge is -2.30. The first-order chi connectivity index (χ1) is 12.8. The Morgan fingerprint density at radius 3 is 2.33 bits per heavy atom. The van der Waals surface area contributed by atoms with Crippen LogP contribution in [0, 0.1) is 0 Å². The molecule has 0 bridgehead atoms. The van der Waals surface area contributed by atoms with Crippen LogP contribution < -0.4 is 14.4 Å². The summed E-state index contributed by atoms with van der Waals surface area (Å²) in [5.74, 6) is 0.272. The molecule has 0 aliphatic carbocycles. The Bertz CT molecular complexity index is 842. The summed E-state index contributed by atoms with van der Waals surface area (Å²) >= 11 is 5.82. The number of rotatable bonds is 9. The molecule has 0 aliphatic rings. The summed E-state index contributed by atoms with van der Waals surface area (Å²) in [7, 11) is -3.62. The number of carbonyl (C=O) groups excluding carboxylic acids is 1. The largest absolute Gasteiger partial charge is 0.492 e. The lowest BCUT2D eigenvalue weighted by molar-refractivity contribution is -0.122. The van der Waals surface area contributed by atoms with Gasteiger partial charge in [0.05, 0.1) is 18.5 Å². The number of hydrogen-bond donors (Lipinski definition) is 1. The lowest BCUT2D eigenvalue weighted by Crippen LogP contribution is -2.49. The number of anilines is 1. The van der Waals surface area contributed by atoms with Gasteiger partial charge in [-0.1, -0.05) is 36.7 Å². The Hall–Kier alpha value is -2.25. The van der Waals surface area contributed by atoms with Gasteiger partial charge in [0.2, 0.25) is 15.9 Å². The highest BCUT2D eigenvalue weighted by molar-refractivity contribution is 7.92. The van der Waals surface area contributed by atoms with Crippen molar-refractivity contribution in [2.45, 2.75) is 19.4 Å². The van der Waals surface area contributed by atoms with Crippen LogP contribution in [-0.4, -0.2) is 39.8 Å². The maximum absolute atomic E-state index is 12.6. The molecule has 1 atom stereocenters. The van der Waals surface area contributed by atoms with Gasteiger partial charge in [-0.2, -0.15) is 0 Å². The molecular formula is C19H23ClN2O4S. The van der Waals surface area contributed by atoms with Crippen molar-refractivity contribution in [2.24, 2.45) is 0 Å². The summed E-state index contributed by atoms with van der Waals surface area (Å²) in [5.41, 5.74) is 0.458.